The monoisotopic (exact) mass is 317 g/mol. The highest BCUT2D eigenvalue weighted by atomic mass is 35.5. The first-order valence-electron chi connectivity index (χ1n) is 6.55. The Morgan fingerprint density at radius 1 is 1.00 bits per heavy atom. The first-order chi connectivity index (χ1) is 9.84. The Morgan fingerprint density at radius 2 is 1.62 bits per heavy atom. The van der Waals surface area contributed by atoms with Crippen molar-refractivity contribution in [2.24, 2.45) is 0 Å². The van der Waals surface area contributed by atoms with E-state index < -0.39 is 0 Å². The molecule has 0 unspecified atom stereocenters. The van der Waals surface area contributed by atoms with Crippen molar-refractivity contribution in [1.82, 2.24) is 4.90 Å². The minimum Gasteiger partial charge on any atom is -0.353 e. The predicted molar refractivity (Wildman–Crippen MR) is 91.6 cm³/mol. The van der Waals surface area contributed by atoms with E-state index in [0.29, 0.717) is 6.54 Å². The molecule has 0 fully saturated rings. The summed E-state index contributed by atoms with van der Waals surface area (Å²) in [6.45, 7) is 0.428. The van der Waals surface area contributed by atoms with E-state index in [2.05, 4.69) is 22.4 Å². The molecule has 0 N–H and O–H groups in total. The minimum absolute atomic E-state index is 0. The van der Waals surface area contributed by atoms with Gasteiger partial charge in [-0.2, -0.15) is 0 Å². The summed E-state index contributed by atoms with van der Waals surface area (Å²) in [5.74, 6) is 0.998. The maximum absolute atomic E-state index is 12.3. The van der Waals surface area contributed by atoms with E-state index >= 15 is 0 Å². The number of carbonyl (C=O) groups excluding carboxylic acids is 1. The van der Waals surface area contributed by atoms with Gasteiger partial charge < -0.3 is 4.90 Å². The second-order valence-corrected chi connectivity index (χ2v) is 5.48. The molecule has 1 aliphatic rings. The summed E-state index contributed by atoms with van der Waals surface area (Å²) >= 11 is 1.73. The molecule has 0 aliphatic carbocycles. The van der Waals surface area contributed by atoms with Crippen molar-refractivity contribution in [3.8, 4) is 0 Å². The molecule has 0 amide bonds. The Hall–Kier alpha value is -1.71. The zero-order valence-corrected chi connectivity index (χ0v) is 13.1. The fourth-order valence-electron chi connectivity index (χ4n) is 2.23. The van der Waals surface area contributed by atoms with Gasteiger partial charge in [-0.15, -0.1) is 24.2 Å². The molecular formula is C17H16ClNOS. The smallest absolute Gasteiger partial charge is 0.182 e. The highest BCUT2D eigenvalue weighted by Crippen LogP contribution is 2.30. The number of hydrogen-bond donors (Lipinski definition) is 0. The molecule has 0 aromatic heterocycles. The van der Waals surface area contributed by atoms with Crippen LogP contribution in [0, 0.1) is 0 Å². The van der Waals surface area contributed by atoms with Gasteiger partial charge in [0.15, 0.2) is 5.78 Å². The van der Waals surface area contributed by atoms with E-state index in [1.165, 1.54) is 5.56 Å². The van der Waals surface area contributed by atoms with Gasteiger partial charge in [0, 0.05) is 5.56 Å². The number of rotatable bonds is 4. The molecule has 4 heteroatoms. The summed E-state index contributed by atoms with van der Waals surface area (Å²) in [6, 6.07) is 19.7. The van der Waals surface area contributed by atoms with Gasteiger partial charge in [0.05, 0.1) is 18.1 Å². The zero-order chi connectivity index (χ0) is 13.8. The normalized spacial score (nSPS) is 13.5. The quantitative estimate of drug-likeness (QED) is 0.784. The van der Waals surface area contributed by atoms with Crippen molar-refractivity contribution in [1.29, 1.82) is 0 Å². The van der Waals surface area contributed by atoms with Crippen molar-refractivity contribution >= 4 is 35.6 Å². The van der Waals surface area contributed by atoms with Crippen LogP contribution in [0.3, 0.4) is 0 Å². The summed E-state index contributed by atoms with van der Waals surface area (Å²) in [6.07, 6.45) is 0. The SMILES string of the molecule is Cl.O=C(CN1CSC=C1c1ccccc1)c1ccccc1. The van der Waals surface area contributed by atoms with Crippen LogP contribution in [-0.4, -0.2) is 23.1 Å². The average molecular weight is 318 g/mol. The Kier molecular flexibility index (Phi) is 5.48. The second kappa shape index (κ2) is 7.34. The van der Waals surface area contributed by atoms with E-state index in [1.54, 1.807) is 11.8 Å². The predicted octanol–water partition coefficient (Wildman–Crippen LogP) is 4.30. The summed E-state index contributed by atoms with van der Waals surface area (Å²) in [4.78, 5) is 14.4. The molecule has 1 aliphatic heterocycles. The lowest BCUT2D eigenvalue weighted by Crippen LogP contribution is -2.25. The van der Waals surface area contributed by atoms with Gasteiger partial charge in [-0.05, 0) is 11.0 Å². The summed E-state index contributed by atoms with van der Waals surface area (Å²) in [5.41, 5.74) is 3.08. The number of ketones is 1. The highest BCUT2D eigenvalue weighted by molar-refractivity contribution is 8.02. The van der Waals surface area contributed by atoms with Gasteiger partial charge in [-0.25, -0.2) is 0 Å². The van der Waals surface area contributed by atoms with Gasteiger partial charge in [0.2, 0.25) is 0 Å². The Morgan fingerprint density at radius 3 is 2.29 bits per heavy atom. The van der Waals surface area contributed by atoms with Gasteiger partial charge >= 0.3 is 0 Å². The highest BCUT2D eigenvalue weighted by Gasteiger charge is 2.20. The molecule has 0 radical (unpaired) electrons. The Labute approximate surface area is 135 Å². The van der Waals surface area contributed by atoms with Gasteiger partial charge in [0.25, 0.3) is 0 Å². The van der Waals surface area contributed by atoms with E-state index in [-0.39, 0.29) is 18.2 Å². The molecule has 0 atom stereocenters. The summed E-state index contributed by atoms with van der Waals surface area (Å²) in [7, 11) is 0. The van der Waals surface area contributed by atoms with Crippen molar-refractivity contribution in [2.75, 3.05) is 12.4 Å². The number of benzene rings is 2. The largest absolute Gasteiger partial charge is 0.353 e. The molecule has 21 heavy (non-hydrogen) atoms. The van der Waals surface area contributed by atoms with Crippen LogP contribution >= 0.6 is 24.2 Å². The molecule has 2 aromatic carbocycles. The third kappa shape index (κ3) is 3.69. The first kappa shape index (κ1) is 15.7. The van der Waals surface area contributed by atoms with E-state index in [0.717, 1.165) is 17.1 Å². The van der Waals surface area contributed by atoms with Crippen LogP contribution in [0.25, 0.3) is 5.70 Å². The molecule has 0 saturated carbocycles. The van der Waals surface area contributed by atoms with Crippen LogP contribution in [0.2, 0.25) is 0 Å². The van der Waals surface area contributed by atoms with Crippen LogP contribution in [0.5, 0.6) is 0 Å². The van der Waals surface area contributed by atoms with Gasteiger partial charge in [-0.1, -0.05) is 60.7 Å². The average Bonchev–Trinajstić information content (AvgIpc) is 2.97. The number of halogens is 1. The number of hydrogen-bond acceptors (Lipinski definition) is 3. The summed E-state index contributed by atoms with van der Waals surface area (Å²) in [5, 5.41) is 2.13. The molecule has 0 spiro atoms. The van der Waals surface area contributed by atoms with Crippen LogP contribution in [0.1, 0.15) is 15.9 Å². The topological polar surface area (TPSA) is 20.3 Å². The van der Waals surface area contributed by atoms with Gasteiger partial charge in [-0.3, -0.25) is 4.79 Å². The third-order valence-electron chi connectivity index (χ3n) is 3.27. The molecule has 3 rings (SSSR count). The number of nitrogens with zero attached hydrogens (tertiary/aromatic N) is 1. The molecule has 0 bridgehead atoms. The zero-order valence-electron chi connectivity index (χ0n) is 11.4. The molecule has 2 aromatic rings. The lowest BCUT2D eigenvalue weighted by atomic mass is 10.1. The third-order valence-corrected chi connectivity index (χ3v) is 4.12. The van der Waals surface area contributed by atoms with E-state index in [9.17, 15) is 4.79 Å². The lowest BCUT2D eigenvalue weighted by molar-refractivity contribution is 0.0966. The first-order valence-corrected chi connectivity index (χ1v) is 7.60. The Balaban J connectivity index is 0.00000161. The summed E-state index contributed by atoms with van der Waals surface area (Å²) < 4.78 is 0. The van der Waals surface area contributed by atoms with E-state index in [4.69, 9.17) is 0 Å². The molecule has 2 nitrogen and oxygen atoms in total. The maximum atomic E-state index is 12.3. The number of thioether (sulfide) groups is 1. The minimum atomic E-state index is 0. The Bertz CT molecular complexity index is 628. The van der Waals surface area contributed by atoms with Crippen LogP contribution in [0.4, 0.5) is 0 Å². The van der Waals surface area contributed by atoms with Crippen molar-refractivity contribution in [3.05, 3.63) is 77.2 Å². The van der Waals surface area contributed by atoms with Gasteiger partial charge in [0.1, 0.15) is 0 Å². The fourth-order valence-corrected chi connectivity index (χ4v) is 3.16. The molecular weight excluding hydrogens is 302 g/mol. The van der Waals surface area contributed by atoms with E-state index in [1.807, 2.05) is 48.5 Å². The number of carbonyl (C=O) groups is 1. The van der Waals surface area contributed by atoms with Crippen LogP contribution in [-0.2, 0) is 0 Å². The van der Waals surface area contributed by atoms with Crippen LogP contribution < -0.4 is 0 Å². The lowest BCUT2D eigenvalue weighted by Gasteiger charge is -2.21. The van der Waals surface area contributed by atoms with Crippen molar-refractivity contribution in [3.63, 3.8) is 0 Å². The number of Topliss-reactive ketones (excluding diaryl/α,β-unsaturated/α-hetero) is 1. The molecule has 1 heterocycles. The fraction of sp³-hybridized carbons (Fsp3) is 0.118. The maximum Gasteiger partial charge on any atom is 0.182 e. The van der Waals surface area contributed by atoms with Crippen LogP contribution in [0.15, 0.2) is 66.1 Å². The second-order valence-electron chi connectivity index (χ2n) is 4.65. The standard InChI is InChI=1S/C17H15NOS.ClH/c19-17(15-9-5-2-6-10-15)11-18-13-20-12-16(18)14-7-3-1-4-8-14;/h1-10,12H,11,13H2;1H. The molecule has 108 valence electrons. The molecule has 0 saturated heterocycles. The van der Waals surface area contributed by atoms with Crippen molar-refractivity contribution in [2.45, 2.75) is 0 Å². The van der Waals surface area contributed by atoms with Crippen molar-refractivity contribution < 1.29 is 4.79 Å².